The molecule has 0 aliphatic rings. The zero-order valence-corrected chi connectivity index (χ0v) is 16.8. The first-order chi connectivity index (χ1) is 12.8. The number of ether oxygens (including phenoxy) is 1. The van der Waals surface area contributed by atoms with E-state index in [1.165, 1.54) is 4.90 Å². The maximum absolute atomic E-state index is 12.3. The van der Waals surface area contributed by atoms with Crippen molar-refractivity contribution in [2.75, 3.05) is 25.5 Å². The first-order valence-corrected chi connectivity index (χ1v) is 9.14. The van der Waals surface area contributed by atoms with Crippen molar-refractivity contribution in [2.45, 2.75) is 34.1 Å². The van der Waals surface area contributed by atoms with Gasteiger partial charge in [-0.15, -0.1) is 0 Å². The molecule has 2 aromatic carbocycles. The Hall–Kier alpha value is -2.82. The van der Waals surface area contributed by atoms with Gasteiger partial charge in [0.25, 0.3) is 5.91 Å². The summed E-state index contributed by atoms with van der Waals surface area (Å²) in [5.41, 5.74) is 5.00. The summed E-state index contributed by atoms with van der Waals surface area (Å²) in [6.07, 6.45) is 0.828. The van der Waals surface area contributed by atoms with Crippen LogP contribution in [0.3, 0.4) is 0 Å². The van der Waals surface area contributed by atoms with E-state index < -0.39 is 0 Å². The minimum atomic E-state index is -0.242. The molecule has 0 heterocycles. The van der Waals surface area contributed by atoms with Crippen molar-refractivity contribution in [1.29, 1.82) is 0 Å². The van der Waals surface area contributed by atoms with Gasteiger partial charge >= 0.3 is 0 Å². The van der Waals surface area contributed by atoms with Crippen LogP contribution in [0.15, 0.2) is 36.4 Å². The van der Waals surface area contributed by atoms with Crippen molar-refractivity contribution < 1.29 is 14.3 Å². The lowest BCUT2D eigenvalue weighted by atomic mass is 10.1. The minimum Gasteiger partial charge on any atom is -0.483 e. The largest absolute Gasteiger partial charge is 0.483 e. The van der Waals surface area contributed by atoms with Crippen LogP contribution in [-0.4, -0.2) is 36.9 Å². The van der Waals surface area contributed by atoms with E-state index in [0.717, 1.165) is 40.1 Å². The van der Waals surface area contributed by atoms with Crippen molar-refractivity contribution in [3.05, 3.63) is 58.7 Å². The molecule has 0 saturated heterocycles. The van der Waals surface area contributed by atoms with E-state index in [0.29, 0.717) is 0 Å². The highest BCUT2D eigenvalue weighted by molar-refractivity contribution is 5.95. The normalized spacial score (nSPS) is 10.4. The first kappa shape index (κ1) is 20.5. The van der Waals surface area contributed by atoms with Gasteiger partial charge in [0.15, 0.2) is 6.61 Å². The maximum atomic E-state index is 12.3. The molecule has 2 rings (SSSR count). The standard InChI is InChI=1S/C22H28N2O3/c1-6-18-9-7-8-10-19(18)23-20(25)13-24(5)21(26)14-27-22-16(3)11-15(2)12-17(22)4/h7-12H,6,13-14H2,1-5H3,(H,23,25). The number of hydrogen-bond acceptors (Lipinski definition) is 3. The number of nitrogens with zero attached hydrogens (tertiary/aromatic N) is 1. The number of anilines is 1. The Balaban J connectivity index is 1.91. The Morgan fingerprint density at radius 3 is 2.33 bits per heavy atom. The molecule has 27 heavy (non-hydrogen) atoms. The second-order valence-electron chi connectivity index (χ2n) is 6.83. The van der Waals surface area contributed by atoms with E-state index in [4.69, 9.17) is 4.74 Å². The van der Waals surface area contributed by atoms with Crippen molar-refractivity contribution in [3.63, 3.8) is 0 Å². The van der Waals surface area contributed by atoms with Crippen LogP contribution in [0.4, 0.5) is 5.69 Å². The van der Waals surface area contributed by atoms with Gasteiger partial charge in [-0.3, -0.25) is 9.59 Å². The summed E-state index contributed by atoms with van der Waals surface area (Å²) < 4.78 is 5.72. The number of hydrogen-bond donors (Lipinski definition) is 1. The minimum absolute atomic E-state index is 0.0217. The SMILES string of the molecule is CCc1ccccc1NC(=O)CN(C)C(=O)COc1c(C)cc(C)cc1C. The molecule has 0 atom stereocenters. The fourth-order valence-electron chi connectivity index (χ4n) is 3.08. The molecule has 0 aliphatic carbocycles. The Bertz CT molecular complexity index is 807. The van der Waals surface area contributed by atoms with E-state index in [-0.39, 0.29) is 25.0 Å². The van der Waals surface area contributed by atoms with Crippen LogP contribution in [0.1, 0.15) is 29.2 Å². The highest BCUT2D eigenvalue weighted by Crippen LogP contribution is 2.24. The predicted octanol–water partition coefficient (Wildman–Crippen LogP) is 3.65. The first-order valence-electron chi connectivity index (χ1n) is 9.14. The van der Waals surface area contributed by atoms with Gasteiger partial charge < -0.3 is 15.0 Å². The number of nitrogens with one attached hydrogen (secondary N) is 1. The highest BCUT2D eigenvalue weighted by Gasteiger charge is 2.15. The molecule has 0 aromatic heterocycles. The monoisotopic (exact) mass is 368 g/mol. The molecular weight excluding hydrogens is 340 g/mol. The molecule has 0 spiro atoms. The summed E-state index contributed by atoms with van der Waals surface area (Å²) in [7, 11) is 1.60. The van der Waals surface area contributed by atoms with Crippen LogP contribution in [0.2, 0.25) is 0 Å². The zero-order chi connectivity index (χ0) is 20.0. The fourth-order valence-corrected chi connectivity index (χ4v) is 3.08. The van der Waals surface area contributed by atoms with Crippen molar-refractivity contribution >= 4 is 17.5 Å². The molecule has 0 saturated carbocycles. The van der Waals surface area contributed by atoms with E-state index in [1.807, 2.05) is 64.1 Å². The van der Waals surface area contributed by atoms with Gasteiger partial charge in [-0.1, -0.05) is 42.8 Å². The fraction of sp³-hybridized carbons (Fsp3) is 0.364. The molecule has 0 fully saturated rings. The molecule has 5 nitrogen and oxygen atoms in total. The Labute approximate surface area is 161 Å². The lowest BCUT2D eigenvalue weighted by molar-refractivity contribution is -0.135. The van der Waals surface area contributed by atoms with E-state index in [2.05, 4.69) is 5.32 Å². The Morgan fingerprint density at radius 2 is 1.70 bits per heavy atom. The lowest BCUT2D eigenvalue weighted by Crippen LogP contribution is -2.37. The summed E-state index contributed by atoms with van der Waals surface area (Å²) in [5.74, 6) is 0.256. The van der Waals surface area contributed by atoms with Crippen LogP contribution in [0.25, 0.3) is 0 Å². The van der Waals surface area contributed by atoms with Crippen molar-refractivity contribution in [3.8, 4) is 5.75 Å². The highest BCUT2D eigenvalue weighted by atomic mass is 16.5. The molecule has 0 radical (unpaired) electrons. The summed E-state index contributed by atoms with van der Waals surface area (Å²) in [4.78, 5) is 26.0. The predicted molar refractivity (Wildman–Crippen MR) is 108 cm³/mol. The number of rotatable bonds is 7. The summed E-state index contributed by atoms with van der Waals surface area (Å²) in [6, 6.07) is 11.7. The summed E-state index contributed by atoms with van der Waals surface area (Å²) >= 11 is 0. The summed E-state index contributed by atoms with van der Waals surface area (Å²) in [5, 5.41) is 2.87. The van der Waals surface area contributed by atoms with Crippen LogP contribution in [-0.2, 0) is 16.0 Å². The molecule has 5 heteroatoms. The van der Waals surface area contributed by atoms with Gasteiger partial charge in [0, 0.05) is 12.7 Å². The van der Waals surface area contributed by atoms with Crippen molar-refractivity contribution in [1.82, 2.24) is 4.90 Å². The van der Waals surface area contributed by atoms with Crippen LogP contribution in [0, 0.1) is 20.8 Å². The number of benzene rings is 2. The number of amides is 2. The van der Waals surface area contributed by atoms with Crippen LogP contribution in [0.5, 0.6) is 5.75 Å². The van der Waals surface area contributed by atoms with Gasteiger partial charge in [0.2, 0.25) is 5.91 Å². The molecule has 0 aliphatic heterocycles. The van der Waals surface area contributed by atoms with E-state index in [9.17, 15) is 9.59 Å². The number of carbonyl (C=O) groups is 2. The molecule has 1 N–H and O–H groups in total. The third kappa shape index (κ3) is 5.58. The third-order valence-corrected chi connectivity index (χ3v) is 4.42. The number of carbonyl (C=O) groups excluding carboxylic acids is 2. The topological polar surface area (TPSA) is 58.6 Å². The number of likely N-dealkylation sites (N-methyl/N-ethyl adjacent to an activating group) is 1. The molecule has 2 amide bonds. The second kappa shape index (κ2) is 9.21. The van der Waals surface area contributed by atoms with Gasteiger partial charge in [0.1, 0.15) is 5.75 Å². The van der Waals surface area contributed by atoms with Gasteiger partial charge in [0.05, 0.1) is 6.54 Å². The van der Waals surface area contributed by atoms with E-state index >= 15 is 0 Å². The quantitative estimate of drug-likeness (QED) is 0.811. The van der Waals surface area contributed by atoms with Crippen molar-refractivity contribution in [2.24, 2.45) is 0 Å². The third-order valence-electron chi connectivity index (χ3n) is 4.42. The molecular formula is C22H28N2O3. The molecule has 144 valence electrons. The smallest absolute Gasteiger partial charge is 0.260 e. The van der Waals surface area contributed by atoms with Gasteiger partial charge in [-0.2, -0.15) is 0 Å². The molecule has 0 bridgehead atoms. The van der Waals surface area contributed by atoms with Crippen LogP contribution < -0.4 is 10.1 Å². The second-order valence-corrected chi connectivity index (χ2v) is 6.83. The number of aryl methyl sites for hydroxylation is 4. The molecule has 0 unspecified atom stereocenters. The maximum Gasteiger partial charge on any atom is 0.260 e. The van der Waals surface area contributed by atoms with Crippen LogP contribution >= 0.6 is 0 Å². The van der Waals surface area contributed by atoms with Gasteiger partial charge in [-0.25, -0.2) is 0 Å². The van der Waals surface area contributed by atoms with E-state index in [1.54, 1.807) is 7.05 Å². The lowest BCUT2D eigenvalue weighted by Gasteiger charge is -2.19. The Morgan fingerprint density at radius 1 is 1.07 bits per heavy atom. The summed E-state index contributed by atoms with van der Waals surface area (Å²) in [6.45, 7) is 7.86. The Kier molecular flexibility index (Phi) is 6.99. The average Bonchev–Trinajstić information content (AvgIpc) is 2.60. The van der Waals surface area contributed by atoms with Gasteiger partial charge in [-0.05, 0) is 49.9 Å². The molecule has 2 aromatic rings. The zero-order valence-electron chi connectivity index (χ0n) is 16.8. The average molecular weight is 368 g/mol. The number of para-hydroxylation sites is 1.